The van der Waals surface area contributed by atoms with Gasteiger partial charge >= 0.3 is 0 Å². The van der Waals surface area contributed by atoms with Gasteiger partial charge in [-0.15, -0.1) is 0 Å². The molecule has 0 aliphatic carbocycles. The van der Waals surface area contributed by atoms with Crippen LogP contribution in [-0.2, 0) is 6.42 Å². The van der Waals surface area contributed by atoms with Gasteiger partial charge in [0.25, 0.3) is 0 Å². The van der Waals surface area contributed by atoms with E-state index >= 15 is 0 Å². The predicted molar refractivity (Wildman–Crippen MR) is 82.7 cm³/mol. The number of nitrogens with two attached hydrogens (primary N) is 1. The van der Waals surface area contributed by atoms with Crippen LogP contribution in [0.4, 0.5) is 10.1 Å². The van der Waals surface area contributed by atoms with Crippen LogP contribution in [0, 0.1) is 5.82 Å². The molecule has 0 radical (unpaired) electrons. The summed E-state index contributed by atoms with van der Waals surface area (Å²) in [5, 5.41) is 0. The van der Waals surface area contributed by atoms with Crippen LogP contribution in [0.2, 0.25) is 0 Å². The molecule has 0 spiro atoms. The van der Waals surface area contributed by atoms with E-state index in [4.69, 9.17) is 5.73 Å². The van der Waals surface area contributed by atoms with Crippen LogP contribution in [-0.4, -0.2) is 43.2 Å². The van der Waals surface area contributed by atoms with E-state index in [9.17, 15) is 4.39 Å². The second-order valence-electron chi connectivity index (χ2n) is 5.85. The van der Waals surface area contributed by atoms with Crippen molar-refractivity contribution < 1.29 is 4.39 Å². The maximum absolute atomic E-state index is 14.3. The molecule has 20 heavy (non-hydrogen) atoms. The van der Waals surface area contributed by atoms with Crippen LogP contribution in [0.15, 0.2) is 18.2 Å². The van der Waals surface area contributed by atoms with E-state index in [0.29, 0.717) is 6.04 Å². The Bertz CT molecular complexity index is 447. The molecule has 0 saturated carbocycles. The number of anilines is 1. The van der Waals surface area contributed by atoms with Gasteiger partial charge in [0, 0.05) is 31.7 Å². The van der Waals surface area contributed by atoms with Crippen molar-refractivity contribution >= 4 is 5.69 Å². The quantitative estimate of drug-likeness (QED) is 0.917. The topological polar surface area (TPSA) is 32.5 Å². The van der Waals surface area contributed by atoms with Crippen LogP contribution in [0.1, 0.15) is 26.3 Å². The van der Waals surface area contributed by atoms with Crippen molar-refractivity contribution in [3.8, 4) is 0 Å². The fourth-order valence-corrected chi connectivity index (χ4v) is 3.09. The number of hydrogen-bond donors (Lipinski definition) is 1. The van der Waals surface area contributed by atoms with Crippen LogP contribution in [0.25, 0.3) is 0 Å². The fraction of sp³-hybridized carbons (Fsp3) is 0.625. The number of benzene rings is 1. The number of rotatable bonds is 4. The molecule has 1 aromatic rings. The highest BCUT2D eigenvalue weighted by Crippen LogP contribution is 2.27. The predicted octanol–water partition coefficient (Wildman–Crippen LogP) is 2.25. The smallest absolute Gasteiger partial charge is 0.146 e. The molecule has 4 heteroatoms. The van der Waals surface area contributed by atoms with Crippen molar-refractivity contribution in [2.24, 2.45) is 5.73 Å². The van der Waals surface area contributed by atoms with Gasteiger partial charge < -0.3 is 10.6 Å². The Kier molecular flexibility index (Phi) is 5.00. The zero-order chi connectivity index (χ0) is 14.7. The number of nitrogens with zero attached hydrogens (tertiary/aromatic N) is 2. The molecule has 2 rings (SSSR count). The molecular formula is C16H26FN3. The maximum Gasteiger partial charge on any atom is 0.146 e. The van der Waals surface area contributed by atoms with Gasteiger partial charge in [0.2, 0.25) is 0 Å². The van der Waals surface area contributed by atoms with Crippen molar-refractivity contribution in [2.75, 3.05) is 31.1 Å². The van der Waals surface area contributed by atoms with E-state index in [1.165, 1.54) is 0 Å². The zero-order valence-corrected chi connectivity index (χ0v) is 12.8. The first-order chi connectivity index (χ1) is 9.52. The summed E-state index contributed by atoms with van der Waals surface area (Å²) in [6.07, 6.45) is 0.718. The van der Waals surface area contributed by atoms with Crippen LogP contribution < -0.4 is 10.6 Å². The lowest BCUT2D eigenvalue weighted by atomic mass is 10.0. The highest BCUT2D eigenvalue weighted by Gasteiger charge is 2.25. The molecule has 1 aliphatic rings. The van der Waals surface area contributed by atoms with Crippen LogP contribution in [0.5, 0.6) is 0 Å². The molecule has 0 bridgehead atoms. The monoisotopic (exact) mass is 279 g/mol. The standard InChI is InChI=1S/C16H26FN3/c1-4-19-8-9-20(11-13(19)3)16-14(10-12(2)18)6-5-7-15(16)17/h5-7,12-13H,4,8-11,18H2,1-3H3. The largest absolute Gasteiger partial charge is 0.366 e. The van der Waals surface area contributed by atoms with E-state index in [1.807, 2.05) is 13.0 Å². The zero-order valence-electron chi connectivity index (χ0n) is 12.8. The Balaban J connectivity index is 2.24. The van der Waals surface area contributed by atoms with E-state index in [2.05, 4.69) is 23.6 Å². The molecule has 1 aliphatic heterocycles. The first kappa shape index (κ1) is 15.3. The van der Waals surface area contributed by atoms with Gasteiger partial charge in [-0.25, -0.2) is 4.39 Å². The minimum atomic E-state index is -0.125. The first-order valence-electron chi connectivity index (χ1n) is 7.54. The van der Waals surface area contributed by atoms with Crippen LogP contribution in [0.3, 0.4) is 0 Å². The summed E-state index contributed by atoms with van der Waals surface area (Å²) >= 11 is 0. The molecular weight excluding hydrogens is 253 g/mol. The summed E-state index contributed by atoms with van der Waals surface area (Å²) < 4.78 is 14.3. The first-order valence-corrected chi connectivity index (χ1v) is 7.54. The van der Waals surface area contributed by atoms with Crippen LogP contribution >= 0.6 is 0 Å². The lowest BCUT2D eigenvalue weighted by Gasteiger charge is -2.41. The van der Waals surface area contributed by atoms with Gasteiger partial charge in [-0.3, -0.25) is 4.90 Å². The van der Waals surface area contributed by atoms with Gasteiger partial charge in [0.1, 0.15) is 5.82 Å². The molecule has 112 valence electrons. The van der Waals surface area contributed by atoms with E-state index in [0.717, 1.165) is 43.9 Å². The number of para-hydroxylation sites is 1. The van der Waals surface area contributed by atoms with Crippen molar-refractivity contribution in [1.29, 1.82) is 0 Å². The number of likely N-dealkylation sites (N-methyl/N-ethyl adjacent to an activating group) is 1. The Labute approximate surface area is 121 Å². The number of piperazine rings is 1. The minimum Gasteiger partial charge on any atom is -0.366 e. The van der Waals surface area contributed by atoms with Gasteiger partial charge in [0.05, 0.1) is 5.69 Å². The van der Waals surface area contributed by atoms with E-state index < -0.39 is 0 Å². The molecule has 1 saturated heterocycles. The second kappa shape index (κ2) is 6.55. The fourth-order valence-electron chi connectivity index (χ4n) is 3.09. The van der Waals surface area contributed by atoms with E-state index in [1.54, 1.807) is 12.1 Å². The van der Waals surface area contributed by atoms with Crippen molar-refractivity contribution in [1.82, 2.24) is 4.90 Å². The van der Waals surface area contributed by atoms with E-state index in [-0.39, 0.29) is 11.9 Å². The van der Waals surface area contributed by atoms with Gasteiger partial charge in [-0.1, -0.05) is 19.1 Å². The normalized spacial score (nSPS) is 22.1. The lowest BCUT2D eigenvalue weighted by molar-refractivity contribution is 0.199. The molecule has 2 N–H and O–H groups in total. The molecule has 0 aromatic heterocycles. The number of hydrogen-bond acceptors (Lipinski definition) is 3. The minimum absolute atomic E-state index is 0.0462. The third-order valence-electron chi connectivity index (χ3n) is 4.10. The molecule has 2 atom stereocenters. The Morgan fingerprint density at radius 1 is 1.40 bits per heavy atom. The maximum atomic E-state index is 14.3. The summed E-state index contributed by atoms with van der Waals surface area (Å²) in [5.74, 6) is -0.125. The average Bonchev–Trinajstić information content (AvgIpc) is 2.38. The highest BCUT2D eigenvalue weighted by atomic mass is 19.1. The second-order valence-corrected chi connectivity index (χ2v) is 5.85. The molecule has 3 nitrogen and oxygen atoms in total. The molecule has 2 unspecified atom stereocenters. The Morgan fingerprint density at radius 3 is 2.75 bits per heavy atom. The number of halogens is 1. The van der Waals surface area contributed by atoms with Crippen molar-refractivity contribution in [3.05, 3.63) is 29.6 Å². The molecule has 1 fully saturated rings. The Hall–Kier alpha value is -1.13. The molecule has 1 heterocycles. The summed E-state index contributed by atoms with van der Waals surface area (Å²) in [5.41, 5.74) is 7.68. The average molecular weight is 279 g/mol. The summed E-state index contributed by atoms with van der Waals surface area (Å²) in [6, 6.07) is 5.83. The summed E-state index contributed by atoms with van der Waals surface area (Å²) in [4.78, 5) is 4.62. The SMILES string of the molecule is CCN1CCN(c2c(F)cccc2CC(C)N)CC1C. The highest BCUT2D eigenvalue weighted by molar-refractivity contribution is 5.55. The third-order valence-corrected chi connectivity index (χ3v) is 4.10. The molecule has 1 aromatic carbocycles. The summed E-state index contributed by atoms with van der Waals surface area (Å²) in [7, 11) is 0. The molecule has 0 amide bonds. The lowest BCUT2D eigenvalue weighted by Crippen LogP contribution is -2.52. The van der Waals surface area contributed by atoms with Crippen molar-refractivity contribution in [3.63, 3.8) is 0 Å². The third kappa shape index (κ3) is 3.30. The summed E-state index contributed by atoms with van der Waals surface area (Å²) in [6.45, 7) is 10.2. The Morgan fingerprint density at radius 2 is 2.15 bits per heavy atom. The van der Waals surface area contributed by atoms with Gasteiger partial charge in [-0.05, 0) is 38.4 Å². The van der Waals surface area contributed by atoms with Crippen molar-refractivity contribution in [2.45, 2.75) is 39.3 Å². The van der Waals surface area contributed by atoms with Gasteiger partial charge in [0.15, 0.2) is 0 Å². The van der Waals surface area contributed by atoms with Gasteiger partial charge in [-0.2, -0.15) is 0 Å².